The molecule has 0 unspecified atom stereocenters. The molecule has 1 aromatic carbocycles. The number of aryl methyl sites for hydroxylation is 1. The van der Waals surface area contributed by atoms with E-state index in [1.54, 1.807) is 6.08 Å². The van der Waals surface area contributed by atoms with E-state index in [1.165, 1.54) is 0 Å². The normalized spacial score (nSPS) is 10.5. The van der Waals surface area contributed by atoms with E-state index in [0.717, 1.165) is 35.8 Å². The summed E-state index contributed by atoms with van der Waals surface area (Å²) in [7, 11) is 0. The van der Waals surface area contributed by atoms with Gasteiger partial charge in [0, 0.05) is 11.6 Å². The van der Waals surface area contributed by atoms with Crippen LogP contribution < -0.4 is 4.74 Å². The molecule has 3 nitrogen and oxygen atoms in total. The van der Waals surface area contributed by atoms with Gasteiger partial charge in [0.1, 0.15) is 5.75 Å². The Labute approximate surface area is 107 Å². The number of unbranched alkanes of at least 4 members (excludes halogenated alkanes) is 1. The lowest BCUT2D eigenvalue weighted by Crippen LogP contribution is -2.00. The minimum atomic E-state index is -0.964. The van der Waals surface area contributed by atoms with Crippen LogP contribution in [0.2, 0.25) is 0 Å². The minimum Gasteiger partial charge on any atom is -0.493 e. The van der Waals surface area contributed by atoms with Gasteiger partial charge in [0.15, 0.2) is 0 Å². The Morgan fingerprint density at radius 1 is 1.50 bits per heavy atom. The zero-order valence-corrected chi connectivity index (χ0v) is 10.6. The molecule has 0 radical (unpaired) electrons. The highest BCUT2D eigenvalue weighted by molar-refractivity contribution is 5.86. The number of carbonyl (C=O) groups is 1. The van der Waals surface area contributed by atoms with Gasteiger partial charge in [-0.3, -0.25) is 0 Å². The van der Waals surface area contributed by atoms with Crippen LogP contribution in [0, 0.1) is 6.92 Å². The molecule has 0 heterocycles. The zero-order valence-electron chi connectivity index (χ0n) is 10.6. The maximum Gasteiger partial charge on any atom is 0.328 e. The highest BCUT2D eigenvalue weighted by Gasteiger charge is 2.04. The first-order chi connectivity index (χ1) is 8.65. The molecule has 0 fully saturated rings. The average molecular weight is 246 g/mol. The van der Waals surface area contributed by atoms with Crippen LogP contribution in [0.25, 0.3) is 6.08 Å². The maximum atomic E-state index is 10.5. The molecule has 3 heteroatoms. The van der Waals surface area contributed by atoms with Gasteiger partial charge in [-0.2, -0.15) is 0 Å². The van der Waals surface area contributed by atoms with Crippen LogP contribution >= 0.6 is 0 Å². The maximum absolute atomic E-state index is 10.5. The predicted octanol–water partition coefficient (Wildman–Crippen LogP) is 3.44. The highest BCUT2D eigenvalue weighted by Crippen LogP contribution is 2.24. The molecule has 0 aromatic heterocycles. The second-order valence-corrected chi connectivity index (χ2v) is 3.94. The monoisotopic (exact) mass is 246 g/mol. The molecule has 1 N–H and O–H groups in total. The van der Waals surface area contributed by atoms with Gasteiger partial charge >= 0.3 is 5.97 Å². The molecule has 0 aliphatic rings. The average Bonchev–Trinajstić information content (AvgIpc) is 2.34. The van der Waals surface area contributed by atoms with Gasteiger partial charge in [-0.1, -0.05) is 24.3 Å². The standard InChI is InChI=1S/C15H18O3/c1-3-4-5-11-18-15-12(2)7-6-8-13(15)9-10-14(16)17/h3,6-10H,1,4-5,11H2,2H3,(H,16,17)/b10-9+. The lowest BCUT2D eigenvalue weighted by atomic mass is 10.1. The van der Waals surface area contributed by atoms with Crippen molar-refractivity contribution < 1.29 is 14.6 Å². The first-order valence-corrected chi connectivity index (χ1v) is 5.89. The molecule has 18 heavy (non-hydrogen) atoms. The predicted molar refractivity (Wildman–Crippen MR) is 72.8 cm³/mol. The number of carboxylic acids is 1. The summed E-state index contributed by atoms with van der Waals surface area (Å²) in [4.78, 5) is 10.5. The van der Waals surface area contributed by atoms with Crippen LogP contribution in [-0.4, -0.2) is 17.7 Å². The van der Waals surface area contributed by atoms with Crippen molar-refractivity contribution in [3.63, 3.8) is 0 Å². The van der Waals surface area contributed by atoms with Crippen molar-refractivity contribution in [3.05, 3.63) is 48.1 Å². The van der Waals surface area contributed by atoms with E-state index in [-0.39, 0.29) is 0 Å². The summed E-state index contributed by atoms with van der Waals surface area (Å²) in [5.41, 5.74) is 1.79. The number of allylic oxidation sites excluding steroid dienone is 1. The molecule has 0 spiro atoms. The van der Waals surface area contributed by atoms with Crippen molar-refractivity contribution in [2.45, 2.75) is 19.8 Å². The largest absolute Gasteiger partial charge is 0.493 e. The molecule has 0 atom stereocenters. The Hall–Kier alpha value is -2.03. The Morgan fingerprint density at radius 2 is 2.28 bits per heavy atom. The van der Waals surface area contributed by atoms with Gasteiger partial charge in [-0.25, -0.2) is 4.79 Å². The van der Waals surface area contributed by atoms with Crippen molar-refractivity contribution in [2.24, 2.45) is 0 Å². The van der Waals surface area contributed by atoms with Gasteiger partial charge in [-0.15, -0.1) is 6.58 Å². The molecule has 0 amide bonds. The van der Waals surface area contributed by atoms with Crippen LogP contribution in [0.4, 0.5) is 0 Å². The SMILES string of the molecule is C=CCCCOc1c(C)cccc1/C=C/C(=O)O. The number of carboxylic acid groups (broad SMARTS) is 1. The molecule has 0 saturated heterocycles. The summed E-state index contributed by atoms with van der Waals surface area (Å²) in [6, 6.07) is 5.67. The van der Waals surface area contributed by atoms with Crippen LogP contribution in [0.1, 0.15) is 24.0 Å². The number of benzene rings is 1. The summed E-state index contributed by atoms with van der Waals surface area (Å²) in [5.74, 6) is -0.215. The van der Waals surface area contributed by atoms with E-state index in [1.807, 2.05) is 31.2 Å². The Kier molecular flexibility index (Phi) is 5.71. The van der Waals surface area contributed by atoms with Crippen molar-refractivity contribution >= 4 is 12.0 Å². The molecule has 0 saturated carbocycles. The number of para-hydroxylation sites is 1. The lowest BCUT2D eigenvalue weighted by molar-refractivity contribution is -0.131. The smallest absolute Gasteiger partial charge is 0.328 e. The molecular weight excluding hydrogens is 228 g/mol. The number of aliphatic carboxylic acids is 1. The fraction of sp³-hybridized carbons (Fsp3) is 0.267. The second-order valence-electron chi connectivity index (χ2n) is 3.94. The third-order valence-electron chi connectivity index (χ3n) is 2.45. The fourth-order valence-corrected chi connectivity index (χ4v) is 1.57. The van der Waals surface area contributed by atoms with E-state index in [4.69, 9.17) is 9.84 Å². The van der Waals surface area contributed by atoms with Crippen LogP contribution in [0.15, 0.2) is 36.9 Å². The summed E-state index contributed by atoms with van der Waals surface area (Å²) in [6.45, 7) is 6.20. The van der Waals surface area contributed by atoms with E-state index in [2.05, 4.69) is 6.58 Å². The van der Waals surface area contributed by atoms with Crippen molar-refractivity contribution in [1.82, 2.24) is 0 Å². The summed E-state index contributed by atoms with van der Waals surface area (Å²) < 4.78 is 5.71. The zero-order chi connectivity index (χ0) is 13.4. The third kappa shape index (κ3) is 4.45. The van der Waals surface area contributed by atoms with Crippen molar-refractivity contribution in [1.29, 1.82) is 0 Å². The highest BCUT2D eigenvalue weighted by atomic mass is 16.5. The van der Waals surface area contributed by atoms with Gasteiger partial charge < -0.3 is 9.84 Å². The van der Waals surface area contributed by atoms with Crippen molar-refractivity contribution in [2.75, 3.05) is 6.61 Å². The first-order valence-electron chi connectivity index (χ1n) is 5.89. The number of ether oxygens (including phenoxy) is 1. The molecular formula is C15H18O3. The first kappa shape index (κ1) is 14.0. The van der Waals surface area contributed by atoms with Gasteiger partial charge in [-0.05, 0) is 31.4 Å². The molecule has 0 aliphatic carbocycles. The quantitative estimate of drug-likeness (QED) is 0.455. The fourth-order valence-electron chi connectivity index (χ4n) is 1.57. The lowest BCUT2D eigenvalue weighted by Gasteiger charge is -2.11. The topological polar surface area (TPSA) is 46.5 Å². The molecule has 96 valence electrons. The Bertz CT molecular complexity index is 447. The molecule has 0 bridgehead atoms. The summed E-state index contributed by atoms with van der Waals surface area (Å²) >= 11 is 0. The van der Waals surface area contributed by atoms with Crippen LogP contribution in [-0.2, 0) is 4.79 Å². The number of rotatable bonds is 7. The van der Waals surface area contributed by atoms with E-state index < -0.39 is 5.97 Å². The molecule has 1 rings (SSSR count). The minimum absolute atomic E-state index is 0.602. The molecule has 0 aliphatic heterocycles. The van der Waals surface area contributed by atoms with E-state index in [9.17, 15) is 4.79 Å². The summed E-state index contributed by atoms with van der Waals surface area (Å²) in [5, 5.41) is 8.64. The Morgan fingerprint density at radius 3 is 2.94 bits per heavy atom. The second kappa shape index (κ2) is 7.33. The van der Waals surface area contributed by atoms with Crippen LogP contribution in [0.5, 0.6) is 5.75 Å². The number of hydrogen-bond donors (Lipinski definition) is 1. The van der Waals surface area contributed by atoms with Gasteiger partial charge in [0.05, 0.1) is 6.61 Å². The third-order valence-corrected chi connectivity index (χ3v) is 2.45. The van der Waals surface area contributed by atoms with Crippen molar-refractivity contribution in [3.8, 4) is 5.75 Å². The van der Waals surface area contributed by atoms with Gasteiger partial charge in [0.2, 0.25) is 0 Å². The molecule has 1 aromatic rings. The number of hydrogen-bond acceptors (Lipinski definition) is 2. The van der Waals surface area contributed by atoms with Crippen LogP contribution in [0.3, 0.4) is 0 Å². The summed E-state index contributed by atoms with van der Waals surface area (Å²) in [6.07, 6.45) is 6.34. The van der Waals surface area contributed by atoms with E-state index >= 15 is 0 Å². The van der Waals surface area contributed by atoms with Gasteiger partial charge in [0.25, 0.3) is 0 Å². The Balaban J connectivity index is 2.80. The van der Waals surface area contributed by atoms with E-state index in [0.29, 0.717) is 6.61 Å².